The maximum atomic E-state index is 13.9. The van der Waals surface area contributed by atoms with Crippen molar-refractivity contribution in [1.29, 1.82) is 0 Å². The Labute approximate surface area is 228 Å². The van der Waals surface area contributed by atoms with Crippen LogP contribution in [0.5, 0.6) is 5.75 Å². The molecule has 0 bridgehead atoms. The number of carbonyl (C=O) groups is 1. The van der Waals surface area contributed by atoms with E-state index in [2.05, 4.69) is 6.92 Å². The summed E-state index contributed by atoms with van der Waals surface area (Å²) in [6.45, 7) is 4.75. The van der Waals surface area contributed by atoms with Gasteiger partial charge in [-0.1, -0.05) is 56.8 Å². The summed E-state index contributed by atoms with van der Waals surface area (Å²) in [4.78, 5) is 34.7. The molecule has 38 heavy (non-hydrogen) atoms. The third-order valence-corrected chi connectivity index (χ3v) is 7.05. The SMILES string of the molecule is CCCCCCN(C(=O)c1ccc(Cl)cc1)C(CC)c1nc2ccccc2c(=O)n1-c1ccc(OC)cc1. The first kappa shape index (κ1) is 27.4. The number of methoxy groups -OCH3 is 1. The van der Waals surface area contributed by atoms with E-state index in [0.29, 0.717) is 51.7 Å². The van der Waals surface area contributed by atoms with E-state index in [1.165, 1.54) is 0 Å². The molecule has 1 heterocycles. The molecule has 0 saturated heterocycles. The van der Waals surface area contributed by atoms with Crippen molar-refractivity contribution in [3.8, 4) is 11.4 Å². The van der Waals surface area contributed by atoms with Crippen molar-refractivity contribution < 1.29 is 9.53 Å². The molecule has 0 radical (unpaired) electrons. The van der Waals surface area contributed by atoms with E-state index in [0.717, 1.165) is 25.7 Å². The molecule has 0 fully saturated rings. The van der Waals surface area contributed by atoms with Crippen molar-refractivity contribution in [3.05, 3.63) is 99.6 Å². The van der Waals surface area contributed by atoms with Gasteiger partial charge in [0.05, 0.1) is 29.7 Å². The van der Waals surface area contributed by atoms with Crippen LogP contribution in [0.2, 0.25) is 5.02 Å². The summed E-state index contributed by atoms with van der Waals surface area (Å²) in [5.74, 6) is 1.13. The first-order valence-corrected chi connectivity index (χ1v) is 13.6. The first-order valence-electron chi connectivity index (χ1n) is 13.2. The fraction of sp³-hybridized carbons (Fsp3) is 0.323. The topological polar surface area (TPSA) is 64.4 Å². The van der Waals surface area contributed by atoms with E-state index in [1.54, 1.807) is 42.0 Å². The molecule has 6 nitrogen and oxygen atoms in total. The molecule has 0 aliphatic carbocycles. The van der Waals surface area contributed by atoms with Gasteiger partial charge in [0.25, 0.3) is 11.5 Å². The van der Waals surface area contributed by atoms with Crippen LogP contribution in [-0.2, 0) is 0 Å². The molecule has 0 saturated carbocycles. The number of rotatable bonds is 11. The summed E-state index contributed by atoms with van der Waals surface area (Å²) < 4.78 is 6.97. The highest BCUT2D eigenvalue weighted by molar-refractivity contribution is 6.30. The largest absolute Gasteiger partial charge is 0.497 e. The molecule has 1 atom stereocenters. The van der Waals surface area contributed by atoms with Crippen molar-refractivity contribution in [3.63, 3.8) is 0 Å². The zero-order valence-electron chi connectivity index (χ0n) is 22.2. The number of halogens is 1. The highest BCUT2D eigenvalue weighted by atomic mass is 35.5. The zero-order valence-corrected chi connectivity index (χ0v) is 22.9. The Balaban J connectivity index is 1.88. The van der Waals surface area contributed by atoms with Gasteiger partial charge in [0.2, 0.25) is 0 Å². The smallest absolute Gasteiger partial charge is 0.266 e. The van der Waals surface area contributed by atoms with Gasteiger partial charge in [0, 0.05) is 17.1 Å². The highest BCUT2D eigenvalue weighted by Gasteiger charge is 2.29. The number of fused-ring (bicyclic) bond motifs is 1. The van der Waals surface area contributed by atoms with Gasteiger partial charge in [-0.25, -0.2) is 4.98 Å². The van der Waals surface area contributed by atoms with E-state index in [4.69, 9.17) is 21.3 Å². The number of para-hydroxylation sites is 1. The minimum Gasteiger partial charge on any atom is -0.497 e. The number of hydrogen-bond acceptors (Lipinski definition) is 4. The number of amides is 1. The highest BCUT2D eigenvalue weighted by Crippen LogP contribution is 2.29. The van der Waals surface area contributed by atoms with Gasteiger partial charge in [-0.2, -0.15) is 0 Å². The molecule has 1 unspecified atom stereocenters. The van der Waals surface area contributed by atoms with Gasteiger partial charge in [-0.05, 0) is 73.5 Å². The Morgan fingerprint density at radius 3 is 2.34 bits per heavy atom. The van der Waals surface area contributed by atoms with Gasteiger partial charge in [-0.3, -0.25) is 14.2 Å². The fourth-order valence-electron chi connectivity index (χ4n) is 4.76. The second-order valence-corrected chi connectivity index (χ2v) is 9.75. The number of aromatic nitrogens is 2. The van der Waals surface area contributed by atoms with E-state index >= 15 is 0 Å². The monoisotopic (exact) mass is 531 g/mol. The summed E-state index contributed by atoms with van der Waals surface area (Å²) in [6, 6.07) is 21.2. The Hall–Kier alpha value is -3.64. The third kappa shape index (κ3) is 5.91. The van der Waals surface area contributed by atoms with Crippen molar-refractivity contribution in [1.82, 2.24) is 14.5 Å². The lowest BCUT2D eigenvalue weighted by atomic mass is 10.1. The third-order valence-electron chi connectivity index (χ3n) is 6.80. The zero-order chi connectivity index (χ0) is 27.1. The van der Waals surface area contributed by atoms with Crippen LogP contribution >= 0.6 is 11.6 Å². The quantitative estimate of drug-likeness (QED) is 0.192. The summed E-state index contributed by atoms with van der Waals surface area (Å²) >= 11 is 6.10. The van der Waals surface area contributed by atoms with Gasteiger partial charge in [0.15, 0.2) is 0 Å². The average Bonchev–Trinajstić information content (AvgIpc) is 2.95. The van der Waals surface area contributed by atoms with E-state index < -0.39 is 6.04 Å². The molecule has 1 aromatic heterocycles. The molecule has 3 aromatic carbocycles. The van der Waals surface area contributed by atoms with Crippen LogP contribution in [0.15, 0.2) is 77.6 Å². The van der Waals surface area contributed by atoms with Crippen molar-refractivity contribution in [2.45, 2.75) is 52.0 Å². The summed E-state index contributed by atoms with van der Waals surface area (Å²) in [5, 5.41) is 1.10. The molecule has 1 amide bonds. The molecule has 0 aliphatic rings. The number of nitrogens with zero attached hydrogens (tertiary/aromatic N) is 3. The van der Waals surface area contributed by atoms with Crippen LogP contribution in [0.4, 0.5) is 0 Å². The Morgan fingerprint density at radius 1 is 0.974 bits per heavy atom. The predicted molar refractivity (Wildman–Crippen MR) is 154 cm³/mol. The molecule has 0 aliphatic heterocycles. The van der Waals surface area contributed by atoms with Gasteiger partial charge in [-0.15, -0.1) is 0 Å². The predicted octanol–water partition coefficient (Wildman–Crippen LogP) is 7.22. The number of benzene rings is 3. The fourth-order valence-corrected chi connectivity index (χ4v) is 4.89. The second-order valence-electron chi connectivity index (χ2n) is 9.32. The molecule has 4 aromatic rings. The second kappa shape index (κ2) is 12.7. The van der Waals surface area contributed by atoms with Crippen LogP contribution in [0.25, 0.3) is 16.6 Å². The van der Waals surface area contributed by atoms with Crippen LogP contribution in [0, 0.1) is 0 Å². The van der Waals surface area contributed by atoms with Crippen LogP contribution < -0.4 is 10.3 Å². The van der Waals surface area contributed by atoms with Gasteiger partial charge < -0.3 is 9.64 Å². The summed E-state index contributed by atoms with van der Waals surface area (Å²) in [7, 11) is 1.61. The number of hydrogen-bond donors (Lipinski definition) is 0. The number of unbranched alkanes of at least 4 members (excludes halogenated alkanes) is 3. The van der Waals surface area contributed by atoms with E-state index in [9.17, 15) is 9.59 Å². The van der Waals surface area contributed by atoms with Crippen molar-refractivity contribution in [2.24, 2.45) is 0 Å². The Bertz CT molecular complexity index is 1430. The minimum atomic E-state index is -0.417. The van der Waals surface area contributed by atoms with E-state index in [-0.39, 0.29) is 11.5 Å². The van der Waals surface area contributed by atoms with Crippen LogP contribution in [0.1, 0.15) is 68.2 Å². The number of carbonyl (C=O) groups excluding carboxylic acids is 1. The molecule has 0 N–H and O–H groups in total. The van der Waals surface area contributed by atoms with Crippen LogP contribution in [0.3, 0.4) is 0 Å². The first-order chi connectivity index (χ1) is 18.5. The maximum absolute atomic E-state index is 13.9. The maximum Gasteiger partial charge on any atom is 0.266 e. The Morgan fingerprint density at radius 2 is 1.68 bits per heavy atom. The van der Waals surface area contributed by atoms with Crippen LogP contribution in [-0.4, -0.2) is 34.0 Å². The standard InChI is InChI=1S/C31H34ClN3O3/c1-4-6-7-10-21-34(30(36)22-13-15-23(32)16-14-22)28(5-2)29-33-27-12-9-8-11-26(27)31(37)35(29)24-17-19-25(38-3)20-18-24/h8-9,11-20,28H,4-7,10,21H2,1-3H3. The summed E-state index contributed by atoms with van der Waals surface area (Å²) in [5.41, 5.74) is 1.68. The van der Waals surface area contributed by atoms with Crippen molar-refractivity contribution in [2.75, 3.05) is 13.7 Å². The lowest BCUT2D eigenvalue weighted by molar-refractivity contribution is 0.0654. The van der Waals surface area contributed by atoms with E-state index in [1.807, 2.05) is 54.3 Å². The summed E-state index contributed by atoms with van der Waals surface area (Å²) in [6.07, 6.45) is 4.68. The molecule has 198 valence electrons. The molecule has 7 heteroatoms. The number of ether oxygens (including phenoxy) is 1. The van der Waals surface area contributed by atoms with Gasteiger partial charge >= 0.3 is 0 Å². The van der Waals surface area contributed by atoms with Crippen molar-refractivity contribution >= 4 is 28.4 Å². The lowest BCUT2D eigenvalue weighted by Gasteiger charge is -2.32. The molecular weight excluding hydrogens is 498 g/mol. The molecule has 4 rings (SSSR count). The Kier molecular flexibility index (Phi) is 9.19. The molecule has 0 spiro atoms. The molecular formula is C31H34ClN3O3. The minimum absolute atomic E-state index is 0.103. The average molecular weight is 532 g/mol. The normalized spacial score (nSPS) is 11.9. The lowest BCUT2D eigenvalue weighted by Crippen LogP contribution is -2.39. The van der Waals surface area contributed by atoms with Gasteiger partial charge in [0.1, 0.15) is 11.6 Å².